The van der Waals surface area contributed by atoms with Crippen LogP contribution in [0.3, 0.4) is 0 Å². The van der Waals surface area contributed by atoms with Crippen molar-refractivity contribution in [3.63, 3.8) is 0 Å². The molecule has 0 aliphatic carbocycles. The van der Waals surface area contributed by atoms with Gasteiger partial charge in [0.2, 0.25) is 0 Å². The van der Waals surface area contributed by atoms with Crippen molar-refractivity contribution >= 4 is 29.2 Å². The molecule has 0 aromatic heterocycles. The van der Waals surface area contributed by atoms with Gasteiger partial charge < -0.3 is 14.1 Å². The monoisotopic (exact) mass is 464 g/mol. The summed E-state index contributed by atoms with van der Waals surface area (Å²) in [5.74, 6) is 0. The second kappa shape index (κ2) is 8.73. The number of fused-ring (bicyclic) bond motifs is 2. The number of anilines is 2. The average molecular weight is 465 g/mol. The fourth-order valence-electron chi connectivity index (χ4n) is 5.47. The smallest absolute Gasteiger partial charge is 0.415 e. The van der Waals surface area contributed by atoms with Crippen LogP contribution in [0.2, 0.25) is 0 Å². The Kier molecular flexibility index (Phi) is 5.91. The summed E-state index contributed by atoms with van der Waals surface area (Å²) in [6.45, 7) is 11.2. The molecule has 1 amide bonds. The molecule has 0 bridgehead atoms. The number of carbonyl (C=O) groups excluding carboxylic acids is 1. The molecule has 0 atom stereocenters. The van der Waals surface area contributed by atoms with Crippen molar-refractivity contribution in [1.29, 1.82) is 0 Å². The van der Waals surface area contributed by atoms with Gasteiger partial charge in [0.1, 0.15) is 0 Å². The summed E-state index contributed by atoms with van der Waals surface area (Å²) >= 11 is 1.86. The third-order valence-electron chi connectivity index (χ3n) is 7.52. The first kappa shape index (κ1) is 22.4. The molecule has 3 heterocycles. The van der Waals surface area contributed by atoms with Gasteiger partial charge in [-0.05, 0) is 30.7 Å². The Hall–Kier alpha value is -2.44. The zero-order valence-electron chi connectivity index (χ0n) is 19.8. The molecular weight excluding hydrogens is 430 g/mol. The molecule has 2 aromatic carbocycles. The highest BCUT2D eigenvalue weighted by atomic mass is 32.2. The molecule has 1 spiro atoms. The molecule has 0 N–H and O–H groups in total. The van der Waals surface area contributed by atoms with Gasteiger partial charge >= 0.3 is 6.09 Å². The van der Waals surface area contributed by atoms with E-state index in [4.69, 9.17) is 4.74 Å². The number of hydrogen-bond acceptors (Lipinski definition) is 4. The second-order valence-corrected chi connectivity index (χ2v) is 10.9. The lowest BCUT2D eigenvalue weighted by molar-refractivity contribution is -0.916. The van der Waals surface area contributed by atoms with Crippen LogP contribution in [0, 0.1) is 0 Å². The molecule has 3 aliphatic rings. The molecule has 5 nitrogen and oxygen atoms in total. The Bertz CT molecular complexity index is 1020. The van der Waals surface area contributed by atoms with Gasteiger partial charge in [0.25, 0.3) is 0 Å². The minimum Gasteiger partial charge on any atom is -0.436 e. The Labute approximate surface area is 201 Å². The predicted molar refractivity (Wildman–Crippen MR) is 134 cm³/mol. The maximum atomic E-state index is 12.4. The van der Waals surface area contributed by atoms with Crippen LogP contribution in [-0.4, -0.2) is 60.8 Å². The highest BCUT2D eigenvalue weighted by Gasteiger charge is 2.53. The van der Waals surface area contributed by atoms with Crippen LogP contribution in [0.15, 0.2) is 70.6 Å². The Morgan fingerprint density at radius 1 is 1.00 bits per heavy atom. The Morgan fingerprint density at radius 3 is 2.21 bits per heavy atom. The molecule has 2 aromatic rings. The first-order valence-electron chi connectivity index (χ1n) is 12.1. The zero-order chi connectivity index (χ0) is 23.1. The maximum Gasteiger partial charge on any atom is 0.415 e. The summed E-state index contributed by atoms with van der Waals surface area (Å²) in [6, 6.07) is 17.4. The van der Waals surface area contributed by atoms with Crippen molar-refractivity contribution in [3.05, 3.63) is 60.8 Å². The normalized spacial score (nSPS) is 26.4. The number of benzene rings is 2. The maximum absolute atomic E-state index is 12.4. The highest BCUT2D eigenvalue weighted by Crippen LogP contribution is 2.48. The summed E-state index contributed by atoms with van der Waals surface area (Å²) in [5, 5.41) is 0. The van der Waals surface area contributed by atoms with E-state index in [1.807, 2.05) is 11.8 Å². The van der Waals surface area contributed by atoms with Gasteiger partial charge in [0.15, 0.2) is 5.60 Å². The van der Waals surface area contributed by atoms with E-state index in [0.717, 1.165) is 62.0 Å². The number of likely N-dealkylation sites (tertiary alicyclic amines) is 1. The van der Waals surface area contributed by atoms with Gasteiger partial charge in [0, 0.05) is 42.1 Å². The largest absolute Gasteiger partial charge is 0.436 e. The van der Waals surface area contributed by atoms with Crippen LogP contribution in [0.5, 0.6) is 0 Å². The number of carbonyl (C=O) groups is 1. The van der Waals surface area contributed by atoms with Gasteiger partial charge in [-0.1, -0.05) is 49.5 Å². The number of amides is 1. The lowest BCUT2D eigenvalue weighted by Crippen LogP contribution is -2.56. The van der Waals surface area contributed by atoms with Gasteiger partial charge in [0.05, 0.1) is 43.8 Å². The van der Waals surface area contributed by atoms with E-state index in [-0.39, 0.29) is 6.09 Å². The molecule has 174 valence electrons. The van der Waals surface area contributed by atoms with E-state index in [1.165, 1.54) is 21.2 Å². The topological polar surface area (TPSA) is 32.8 Å². The predicted octanol–water partition coefficient (Wildman–Crippen LogP) is 6.03. The molecule has 33 heavy (non-hydrogen) atoms. The summed E-state index contributed by atoms with van der Waals surface area (Å²) in [4.78, 5) is 19.3. The van der Waals surface area contributed by atoms with E-state index in [9.17, 15) is 4.79 Å². The molecule has 0 radical (unpaired) electrons. The first-order chi connectivity index (χ1) is 15.9. The summed E-state index contributed by atoms with van der Waals surface area (Å²) in [6.07, 6.45) is 3.54. The van der Waals surface area contributed by atoms with Crippen LogP contribution in [0.25, 0.3) is 0 Å². The molecule has 2 fully saturated rings. The number of ether oxygens (including phenoxy) is 1. The molecule has 0 unspecified atom stereocenters. The van der Waals surface area contributed by atoms with Gasteiger partial charge in [-0.15, -0.1) is 0 Å². The van der Waals surface area contributed by atoms with Crippen LogP contribution < -0.4 is 4.90 Å². The van der Waals surface area contributed by atoms with Gasteiger partial charge in [-0.2, -0.15) is 0 Å². The highest BCUT2D eigenvalue weighted by molar-refractivity contribution is 7.99. The van der Waals surface area contributed by atoms with Gasteiger partial charge in [-0.3, -0.25) is 4.90 Å². The van der Waals surface area contributed by atoms with Crippen molar-refractivity contribution in [3.8, 4) is 0 Å². The van der Waals surface area contributed by atoms with Crippen molar-refractivity contribution < 1.29 is 14.0 Å². The summed E-state index contributed by atoms with van der Waals surface area (Å²) in [7, 11) is 2.35. The number of para-hydroxylation sites is 2. The molecule has 2 saturated heterocycles. The Morgan fingerprint density at radius 2 is 1.61 bits per heavy atom. The molecule has 3 aliphatic heterocycles. The quantitative estimate of drug-likeness (QED) is 0.488. The third kappa shape index (κ3) is 4.04. The van der Waals surface area contributed by atoms with Crippen molar-refractivity contribution in [2.75, 3.05) is 44.7 Å². The van der Waals surface area contributed by atoms with Gasteiger partial charge in [-0.25, -0.2) is 4.79 Å². The number of nitrogens with zero attached hydrogens (tertiary/aromatic N) is 3. The van der Waals surface area contributed by atoms with Crippen molar-refractivity contribution in [2.24, 2.45) is 0 Å². The Balaban J connectivity index is 1.23. The van der Waals surface area contributed by atoms with Crippen molar-refractivity contribution in [2.45, 2.75) is 48.0 Å². The number of quaternary nitrogens is 1. The summed E-state index contributed by atoms with van der Waals surface area (Å²) < 4.78 is 6.93. The van der Waals surface area contributed by atoms with E-state index >= 15 is 0 Å². The van der Waals surface area contributed by atoms with E-state index < -0.39 is 5.60 Å². The van der Waals surface area contributed by atoms with Crippen LogP contribution >= 0.6 is 11.8 Å². The molecule has 0 saturated carbocycles. The minimum atomic E-state index is -0.480. The average Bonchev–Trinajstić information content (AvgIpc) is 3.05. The third-order valence-corrected chi connectivity index (χ3v) is 8.65. The van der Waals surface area contributed by atoms with Crippen molar-refractivity contribution in [1.82, 2.24) is 4.90 Å². The fraction of sp³-hybridized carbons (Fsp3) is 0.444. The van der Waals surface area contributed by atoms with Crippen LogP contribution in [-0.2, 0) is 4.74 Å². The SMILES string of the molecule is C=C1N(CCC)C(=O)OC12CC[N+](C)(CCCN1c3ccccc3Sc3ccccc31)CC2. The first-order valence-corrected chi connectivity index (χ1v) is 12.9. The van der Waals surface area contributed by atoms with E-state index in [2.05, 4.69) is 74.0 Å². The van der Waals surface area contributed by atoms with E-state index in [0.29, 0.717) is 6.54 Å². The fourth-order valence-corrected chi connectivity index (χ4v) is 6.57. The summed E-state index contributed by atoms with van der Waals surface area (Å²) in [5.41, 5.74) is 3.02. The zero-order valence-corrected chi connectivity index (χ0v) is 20.6. The lowest BCUT2D eigenvalue weighted by Gasteiger charge is -2.44. The van der Waals surface area contributed by atoms with Crippen LogP contribution in [0.1, 0.15) is 32.6 Å². The second-order valence-electron chi connectivity index (χ2n) is 9.79. The minimum absolute atomic E-state index is 0.210. The number of rotatable bonds is 6. The number of hydrogen-bond donors (Lipinski definition) is 0. The number of piperidine rings is 1. The molecular formula is C27H34N3O2S+. The lowest BCUT2D eigenvalue weighted by atomic mass is 9.87. The molecule has 5 rings (SSSR count). The standard InChI is InChI=1S/C27H34N3O2S/c1-4-16-28-21(2)27(32-26(28)31)14-19-30(3,20-15-27)18-9-17-29-22-10-5-7-12-24(22)33-25-13-8-6-11-23(25)29/h5-8,10-13H,2,4,9,14-20H2,1,3H3/q+1. The molecule has 6 heteroatoms. The van der Waals surface area contributed by atoms with Crippen LogP contribution in [0.4, 0.5) is 16.2 Å². The van der Waals surface area contributed by atoms with E-state index in [1.54, 1.807) is 4.90 Å².